The van der Waals surface area contributed by atoms with Crippen LogP contribution in [0.5, 0.6) is 0 Å². The molecular formula is C6H5N3O. The molecule has 0 fully saturated rings. The maximum Gasteiger partial charge on any atom is 0.276 e. The SMILES string of the molecule is O=c1[nH]ccc2[nH]cnc12. The van der Waals surface area contributed by atoms with Gasteiger partial charge in [-0.25, -0.2) is 4.98 Å². The van der Waals surface area contributed by atoms with E-state index in [4.69, 9.17) is 0 Å². The Labute approximate surface area is 55.9 Å². The second-order valence-corrected chi connectivity index (χ2v) is 1.97. The van der Waals surface area contributed by atoms with Crippen molar-refractivity contribution >= 4 is 11.0 Å². The Bertz CT molecular complexity index is 400. The third kappa shape index (κ3) is 0.556. The molecule has 0 radical (unpaired) electrons. The van der Waals surface area contributed by atoms with E-state index in [1.165, 1.54) is 6.33 Å². The normalized spacial score (nSPS) is 10.4. The molecule has 4 heteroatoms. The maximum atomic E-state index is 10.9. The molecule has 0 aliphatic heterocycles. The zero-order valence-electron chi connectivity index (χ0n) is 5.09. The van der Waals surface area contributed by atoms with Crippen LogP contribution in [-0.4, -0.2) is 15.0 Å². The first-order chi connectivity index (χ1) is 4.88. The van der Waals surface area contributed by atoms with E-state index in [-0.39, 0.29) is 5.56 Å². The van der Waals surface area contributed by atoms with Crippen LogP contribution in [0.3, 0.4) is 0 Å². The fraction of sp³-hybridized carbons (Fsp3) is 0. The summed E-state index contributed by atoms with van der Waals surface area (Å²) in [5.41, 5.74) is 1.07. The summed E-state index contributed by atoms with van der Waals surface area (Å²) in [5, 5.41) is 0. The smallest absolute Gasteiger partial charge is 0.276 e. The quantitative estimate of drug-likeness (QED) is 0.544. The number of rotatable bonds is 0. The minimum atomic E-state index is -0.154. The molecule has 50 valence electrons. The van der Waals surface area contributed by atoms with Gasteiger partial charge in [0.25, 0.3) is 5.56 Å². The molecule has 0 saturated carbocycles. The summed E-state index contributed by atoms with van der Waals surface area (Å²) in [6, 6.07) is 1.77. The van der Waals surface area contributed by atoms with E-state index in [1.54, 1.807) is 12.3 Å². The monoisotopic (exact) mass is 135 g/mol. The van der Waals surface area contributed by atoms with Crippen molar-refractivity contribution < 1.29 is 0 Å². The number of aromatic amines is 2. The third-order valence-electron chi connectivity index (χ3n) is 1.35. The van der Waals surface area contributed by atoms with Gasteiger partial charge in [0, 0.05) is 6.20 Å². The van der Waals surface area contributed by atoms with E-state index < -0.39 is 0 Å². The van der Waals surface area contributed by atoms with Crippen molar-refractivity contribution in [2.45, 2.75) is 0 Å². The van der Waals surface area contributed by atoms with Gasteiger partial charge in [0.1, 0.15) is 0 Å². The first kappa shape index (κ1) is 5.22. The van der Waals surface area contributed by atoms with Crippen LogP contribution in [0, 0.1) is 0 Å². The highest BCUT2D eigenvalue weighted by atomic mass is 16.1. The van der Waals surface area contributed by atoms with Crippen molar-refractivity contribution in [2.24, 2.45) is 0 Å². The Balaban J connectivity index is 3.09. The number of nitrogens with one attached hydrogen (secondary N) is 2. The Morgan fingerprint density at radius 2 is 2.30 bits per heavy atom. The summed E-state index contributed by atoms with van der Waals surface area (Å²) in [5.74, 6) is 0. The highest BCUT2D eigenvalue weighted by Crippen LogP contribution is 1.98. The molecule has 2 aromatic rings. The van der Waals surface area contributed by atoms with Crippen LogP contribution < -0.4 is 5.56 Å². The molecule has 0 atom stereocenters. The predicted molar refractivity (Wildman–Crippen MR) is 36.7 cm³/mol. The lowest BCUT2D eigenvalue weighted by Crippen LogP contribution is -2.03. The molecular weight excluding hydrogens is 130 g/mol. The lowest BCUT2D eigenvalue weighted by Gasteiger charge is -1.82. The largest absolute Gasteiger partial charge is 0.344 e. The van der Waals surface area contributed by atoms with Crippen LogP contribution in [0.1, 0.15) is 0 Å². The molecule has 0 saturated heterocycles. The first-order valence-corrected chi connectivity index (χ1v) is 2.89. The molecule has 2 aromatic heterocycles. The van der Waals surface area contributed by atoms with Crippen molar-refractivity contribution in [1.29, 1.82) is 0 Å². The van der Waals surface area contributed by atoms with E-state index in [9.17, 15) is 4.79 Å². The fourth-order valence-electron chi connectivity index (χ4n) is 0.881. The van der Waals surface area contributed by atoms with Crippen molar-refractivity contribution in [2.75, 3.05) is 0 Å². The molecule has 2 N–H and O–H groups in total. The van der Waals surface area contributed by atoms with Gasteiger partial charge in [-0.05, 0) is 6.07 Å². The maximum absolute atomic E-state index is 10.9. The number of hydrogen-bond acceptors (Lipinski definition) is 2. The summed E-state index contributed by atoms with van der Waals surface area (Å²) in [6.07, 6.45) is 3.09. The topological polar surface area (TPSA) is 61.5 Å². The van der Waals surface area contributed by atoms with Crippen molar-refractivity contribution in [3.05, 3.63) is 28.9 Å². The Morgan fingerprint density at radius 3 is 3.10 bits per heavy atom. The van der Waals surface area contributed by atoms with Gasteiger partial charge in [0.2, 0.25) is 0 Å². The van der Waals surface area contributed by atoms with Crippen LogP contribution in [0.25, 0.3) is 11.0 Å². The van der Waals surface area contributed by atoms with E-state index in [2.05, 4.69) is 15.0 Å². The highest BCUT2D eigenvalue weighted by molar-refractivity contribution is 5.72. The van der Waals surface area contributed by atoms with Crippen molar-refractivity contribution in [3.63, 3.8) is 0 Å². The van der Waals surface area contributed by atoms with Gasteiger partial charge >= 0.3 is 0 Å². The highest BCUT2D eigenvalue weighted by Gasteiger charge is 1.96. The van der Waals surface area contributed by atoms with Crippen molar-refractivity contribution in [3.8, 4) is 0 Å². The number of hydrogen-bond donors (Lipinski definition) is 2. The Kier molecular flexibility index (Phi) is 0.887. The molecule has 4 nitrogen and oxygen atoms in total. The molecule has 0 amide bonds. The zero-order valence-corrected chi connectivity index (χ0v) is 5.09. The van der Waals surface area contributed by atoms with Gasteiger partial charge in [-0.2, -0.15) is 0 Å². The molecule has 0 bridgehead atoms. The lowest BCUT2D eigenvalue weighted by molar-refractivity contribution is 1.25. The summed E-state index contributed by atoms with van der Waals surface area (Å²) in [4.78, 5) is 20.1. The van der Waals surface area contributed by atoms with Crippen LogP contribution in [0.15, 0.2) is 23.4 Å². The number of fused-ring (bicyclic) bond motifs is 1. The van der Waals surface area contributed by atoms with E-state index in [0.717, 1.165) is 5.52 Å². The number of imidazole rings is 1. The predicted octanol–water partition coefficient (Wildman–Crippen LogP) is 0.251. The number of nitrogens with zero attached hydrogens (tertiary/aromatic N) is 1. The van der Waals surface area contributed by atoms with Crippen LogP contribution in [-0.2, 0) is 0 Å². The second-order valence-electron chi connectivity index (χ2n) is 1.97. The Morgan fingerprint density at radius 1 is 1.40 bits per heavy atom. The standard InChI is InChI=1S/C6H5N3O/c10-6-5-4(1-2-7-6)8-3-9-5/h1-3H,(H,7,10)(H,8,9). The fourth-order valence-corrected chi connectivity index (χ4v) is 0.881. The average Bonchev–Trinajstić information content (AvgIpc) is 2.36. The van der Waals surface area contributed by atoms with Crippen LogP contribution in [0.4, 0.5) is 0 Å². The summed E-state index contributed by atoms with van der Waals surface area (Å²) in [7, 11) is 0. The van der Waals surface area contributed by atoms with Crippen LogP contribution in [0.2, 0.25) is 0 Å². The zero-order chi connectivity index (χ0) is 6.97. The van der Waals surface area contributed by atoms with Gasteiger partial charge in [-0.1, -0.05) is 0 Å². The minimum absolute atomic E-state index is 0.154. The third-order valence-corrected chi connectivity index (χ3v) is 1.35. The number of aromatic nitrogens is 3. The van der Waals surface area contributed by atoms with Gasteiger partial charge in [-0.15, -0.1) is 0 Å². The van der Waals surface area contributed by atoms with Crippen molar-refractivity contribution in [1.82, 2.24) is 15.0 Å². The summed E-state index contributed by atoms with van der Waals surface area (Å²) < 4.78 is 0. The van der Waals surface area contributed by atoms with E-state index >= 15 is 0 Å². The molecule has 10 heavy (non-hydrogen) atoms. The first-order valence-electron chi connectivity index (χ1n) is 2.89. The minimum Gasteiger partial charge on any atom is -0.344 e. The van der Waals surface area contributed by atoms with E-state index in [1.807, 2.05) is 0 Å². The molecule has 0 aromatic carbocycles. The molecule has 0 aliphatic rings. The molecule has 0 aliphatic carbocycles. The van der Waals surface area contributed by atoms with Gasteiger partial charge in [-0.3, -0.25) is 4.79 Å². The Hall–Kier alpha value is -1.58. The van der Waals surface area contributed by atoms with Gasteiger partial charge in [0.05, 0.1) is 11.8 Å². The number of H-pyrrole nitrogens is 2. The summed E-state index contributed by atoms with van der Waals surface area (Å²) >= 11 is 0. The number of pyridine rings is 1. The van der Waals surface area contributed by atoms with Gasteiger partial charge < -0.3 is 9.97 Å². The second kappa shape index (κ2) is 1.70. The molecule has 2 heterocycles. The summed E-state index contributed by atoms with van der Waals surface area (Å²) in [6.45, 7) is 0. The molecule has 2 rings (SSSR count). The molecule has 0 unspecified atom stereocenters. The van der Waals surface area contributed by atoms with Crippen LogP contribution >= 0.6 is 0 Å². The van der Waals surface area contributed by atoms with Gasteiger partial charge in [0.15, 0.2) is 5.52 Å². The van der Waals surface area contributed by atoms with E-state index in [0.29, 0.717) is 5.52 Å². The lowest BCUT2D eigenvalue weighted by atomic mass is 10.4. The average molecular weight is 135 g/mol. The molecule has 0 spiro atoms.